The van der Waals surface area contributed by atoms with Gasteiger partial charge in [-0.05, 0) is 82.5 Å². The lowest BCUT2D eigenvalue weighted by molar-refractivity contribution is 0.460. The fourth-order valence-electron chi connectivity index (χ4n) is 4.85. The predicted octanol–water partition coefficient (Wildman–Crippen LogP) is 9.91. The third-order valence-electron chi connectivity index (χ3n) is 7.44. The van der Waals surface area contributed by atoms with Crippen LogP contribution in [0.1, 0.15) is 77.0 Å². The van der Waals surface area contributed by atoms with Gasteiger partial charge in [-0.2, -0.15) is 0 Å². The van der Waals surface area contributed by atoms with Gasteiger partial charge in [-0.3, -0.25) is 4.98 Å². The zero-order valence-electron chi connectivity index (χ0n) is 25.5. The molecule has 2 heterocycles. The average Bonchev–Trinajstić information content (AvgIpc) is 2.97. The Hall–Kier alpha value is -4.51. The molecule has 0 saturated carbocycles. The van der Waals surface area contributed by atoms with Gasteiger partial charge in [0.25, 0.3) is 0 Å². The fraction of sp³-hybridized carbons (Fsp3) is 0.270. The molecule has 0 aliphatic heterocycles. The van der Waals surface area contributed by atoms with Crippen LogP contribution in [0.5, 0.6) is 17.4 Å². The van der Waals surface area contributed by atoms with Gasteiger partial charge in [0, 0.05) is 29.0 Å². The first-order valence-corrected chi connectivity index (χ1v) is 14.5. The normalized spacial score (nSPS) is 11.7. The number of nitrogens with zero attached hydrogens (tertiary/aromatic N) is 3. The smallest absolute Gasteiger partial charge is 0.219 e. The highest BCUT2D eigenvalue weighted by Gasteiger charge is 2.21. The summed E-state index contributed by atoms with van der Waals surface area (Å²) in [7, 11) is 0. The Balaban J connectivity index is 1.72. The maximum atomic E-state index is 10.9. The summed E-state index contributed by atoms with van der Waals surface area (Å²) in [5.41, 5.74) is 8.05. The van der Waals surface area contributed by atoms with E-state index in [1.807, 2.05) is 48.7 Å². The Labute approximate surface area is 249 Å². The van der Waals surface area contributed by atoms with E-state index in [4.69, 9.17) is 14.7 Å². The standard InChI is InChI=1S/C37H39N3O2/c1-23(2)25-16-26(24(3)4)18-28(17-25)35-36(31-12-8-9-13-33(31)41)40-32(22-39-35)27-19-29(37(5,6)7)21-30(20-27)42-34-14-10-11-15-38-34/h8-24,41H,1-7H3. The Bertz CT molecular complexity index is 1680. The van der Waals surface area contributed by atoms with E-state index >= 15 is 0 Å². The van der Waals surface area contributed by atoms with Crippen LogP contribution in [0.15, 0.2) is 91.3 Å². The van der Waals surface area contributed by atoms with Gasteiger partial charge in [0.1, 0.15) is 17.2 Å². The highest BCUT2D eigenvalue weighted by Crippen LogP contribution is 2.39. The molecule has 5 heteroatoms. The molecule has 0 aliphatic rings. The van der Waals surface area contributed by atoms with E-state index in [1.54, 1.807) is 12.3 Å². The Morgan fingerprint density at radius 1 is 0.714 bits per heavy atom. The number of hydrogen-bond acceptors (Lipinski definition) is 5. The molecule has 0 amide bonds. The Morgan fingerprint density at radius 2 is 1.40 bits per heavy atom. The van der Waals surface area contributed by atoms with E-state index in [0.717, 1.165) is 22.4 Å². The zero-order chi connectivity index (χ0) is 30.0. The number of pyridine rings is 1. The number of ether oxygens (including phenoxy) is 1. The van der Waals surface area contributed by atoms with Crippen LogP contribution in [0, 0.1) is 0 Å². The molecule has 0 atom stereocenters. The lowest BCUT2D eigenvalue weighted by Gasteiger charge is -2.21. The van der Waals surface area contributed by atoms with Gasteiger partial charge < -0.3 is 9.84 Å². The maximum absolute atomic E-state index is 10.9. The Kier molecular flexibility index (Phi) is 8.13. The van der Waals surface area contributed by atoms with E-state index in [2.05, 4.69) is 83.8 Å². The molecule has 0 unspecified atom stereocenters. The summed E-state index contributed by atoms with van der Waals surface area (Å²) in [6.45, 7) is 15.3. The number of aromatic hydroxyl groups is 1. The van der Waals surface area contributed by atoms with Crippen molar-refractivity contribution < 1.29 is 9.84 Å². The lowest BCUT2D eigenvalue weighted by atomic mass is 9.85. The second-order valence-corrected chi connectivity index (χ2v) is 12.4. The molecular formula is C37H39N3O2. The lowest BCUT2D eigenvalue weighted by Crippen LogP contribution is -2.11. The average molecular weight is 558 g/mol. The van der Waals surface area contributed by atoms with Crippen molar-refractivity contribution in [3.05, 3.63) is 108 Å². The molecule has 0 saturated heterocycles. The number of phenols is 1. The van der Waals surface area contributed by atoms with E-state index in [-0.39, 0.29) is 11.2 Å². The van der Waals surface area contributed by atoms with E-state index in [9.17, 15) is 5.11 Å². The minimum Gasteiger partial charge on any atom is -0.507 e. The van der Waals surface area contributed by atoms with Gasteiger partial charge in [0.05, 0.1) is 17.6 Å². The second kappa shape index (κ2) is 11.8. The third kappa shape index (κ3) is 6.36. The number of phenolic OH excluding ortho intramolecular Hbond substituents is 1. The first-order valence-electron chi connectivity index (χ1n) is 14.5. The van der Waals surface area contributed by atoms with Gasteiger partial charge in [-0.15, -0.1) is 0 Å². The summed E-state index contributed by atoms with van der Waals surface area (Å²) in [4.78, 5) is 14.5. The number of aromatic nitrogens is 3. The molecule has 0 aliphatic carbocycles. The van der Waals surface area contributed by atoms with E-state index in [1.165, 1.54) is 11.1 Å². The molecule has 5 rings (SSSR count). The minimum atomic E-state index is -0.128. The van der Waals surface area contributed by atoms with Crippen LogP contribution >= 0.6 is 0 Å². The molecule has 2 aromatic heterocycles. The summed E-state index contributed by atoms with van der Waals surface area (Å²) < 4.78 is 6.18. The first-order chi connectivity index (χ1) is 20.0. The van der Waals surface area contributed by atoms with Crippen molar-refractivity contribution in [2.75, 3.05) is 0 Å². The molecule has 0 spiro atoms. The summed E-state index contributed by atoms with van der Waals surface area (Å²) in [5, 5.41) is 10.9. The molecular weight excluding hydrogens is 518 g/mol. The van der Waals surface area contributed by atoms with E-state index in [0.29, 0.717) is 40.4 Å². The molecule has 0 fully saturated rings. The molecule has 42 heavy (non-hydrogen) atoms. The van der Waals surface area contributed by atoms with Crippen molar-refractivity contribution in [1.82, 2.24) is 15.0 Å². The highest BCUT2D eigenvalue weighted by atomic mass is 16.5. The summed E-state index contributed by atoms with van der Waals surface area (Å²) in [5.74, 6) is 2.09. The second-order valence-electron chi connectivity index (χ2n) is 12.4. The summed E-state index contributed by atoms with van der Waals surface area (Å²) in [6, 6.07) is 25.8. The number of hydrogen-bond donors (Lipinski definition) is 1. The molecule has 5 nitrogen and oxygen atoms in total. The van der Waals surface area contributed by atoms with Crippen LogP contribution in [-0.2, 0) is 5.41 Å². The van der Waals surface area contributed by atoms with Crippen molar-refractivity contribution in [3.8, 4) is 51.2 Å². The summed E-state index contributed by atoms with van der Waals surface area (Å²) >= 11 is 0. The molecule has 0 radical (unpaired) electrons. The maximum Gasteiger partial charge on any atom is 0.219 e. The van der Waals surface area contributed by atoms with Gasteiger partial charge in [0.15, 0.2) is 0 Å². The van der Waals surface area contributed by atoms with Gasteiger partial charge in [0.2, 0.25) is 5.88 Å². The van der Waals surface area contributed by atoms with Gasteiger partial charge in [-0.1, -0.05) is 72.7 Å². The molecule has 1 N–H and O–H groups in total. The number of para-hydroxylation sites is 1. The molecule has 3 aromatic carbocycles. The van der Waals surface area contributed by atoms with Crippen molar-refractivity contribution in [1.29, 1.82) is 0 Å². The van der Waals surface area contributed by atoms with Crippen molar-refractivity contribution in [3.63, 3.8) is 0 Å². The fourth-order valence-corrected chi connectivity index (χ4v) is 4.85. The number of benzene rings is 3. The quantitative estimate of drug-likeness (QED) is 0.216. The summed E-state index contributed by atoms with van der Waals surface area (Å²) in [6.07, 6.45) is 3.54. The molecule has 214 valence electrons. The van der Waals surface area contributed by atoms with Crippen LogP contribution in [0.4, 0.5) is 0 Å². The highest BCUT2D eigenvalue weighted by molar-refractivity contribution is 5.83. The van der Waals surface area contributed by atoms with Crippen molar-refractivity contribution >= 4 is 0 Å². The van der Waals surface area contributed by atoms with Crippen molar-refractivity contribution in [2.45, 2.75) is 65.7 Å². The minimum absolute atomic E-state index is 0.128. The predicted molar refractivity (Wildman–Crippen MR) is 171 cm³/mol. The van der Waals surface area contributed by atoms with Gasteiger partial charge in [-0.25, -0.2) is 9.97 Å². The zero-order valence-corrected chi connectivity index (χ0v) is 25.5. The monoisotopic (exact) mass is 557 g/mol. The van der Waals surface area contributed by atoms with E-state index < -0.39 is 0 Å². The van der Waals surface area contributed by atoms with Crippen LogP contribution in [0.2, 0.25) is 0 Å². The molecule has 0 bridgehead atoms. The van der Waals surface area contributed by atoms with Crippen molar-refractivity contribution in [2.24, 2.45) is 0 Å². The van der Waals surface area contributed by atoms with Crippen LogP contribution in [-0.4, -0.2) is 20.1 Å². The topological polar surface area (TPSA) is 68.1 Å². The van der Waals surface area contributed by atoms with Crippen LogP contribution < -0.4 is 4.74 Å². The first kappa shape index (κ1) is 29.0. The largest absolute Gasteiger partial charge is 0.507 e. The third-order valence-corrected chi connectivity index (χ3v) is 7.44. The Morgan fingerprint density at radius 3 is 2.02 bits per heavy atom. The van der Waals surface area contributed by atoms with Crippen LogP contribution in [0.25, 0.3) is 33.8 Å². The van der Waals surface area contributed by atoms with Crippen LogP contribution in [0.3, 0.4) is 0 Å². The SMILES string of the molecule is CC(C)c1cc(-c2ncc(-c3cc(Oc4ccccn4)cc(C(C)(C)C)c3)nc2-c2ccccc2O)cc(C(C)C)c1. The van der Waals surface area contributed by atoms with Gasteiger partial charge >= 0.3 is 0 Å². The number of rotatable bonds is 7. The molecule has 5 aromatic rings.